The fourth-order valence-corrected chi connectivity index (χ4v) is 4.22. The number of nitrogens with zero attached hydrogens (tertiary/aromatic N) is 2. The monoisotopic (exact) mass is 373 g/mol. The van der Waals surface area contributed by atoms with E-state index in [1.807, 2.05) is 6.07 Å². The molecule has 1 aliphatic heterocycles. The average molecular weight is 373 g/mol. The van der Waals surface area contributed by atoms with Crippen LogP contribution in [0.3, 0.4) is 0 Å². The molecule has 5 nitrogen and oxygen atoms in total. The quantitative estimate of drug-likeness (QED) is 0.830. The number of primary amides is 1. The normalized spacial score (nSPS) is 24.3. The number of benzene rings is 1. The van der Waals surface area contributed by atoms with Crippen LogP contribution in [-0.2, 0) is 4.79 Å². The summed E-state index contributed by atoms with van der Waals surface area (Å²) in [4.78, 5) is 13.7. The molecule has 1 saturated heterocycles. The maximum Gasteiger partial charge on any atom is 0.220 e. The van der Waals surface area contributed by atoms with Crippen molar-refractivity contribution >= 4 is 5.91 Å². The second-order valence-electron chi connectivity index (χ2n) is 7.82. The summed E-state index contributed by atoms with van der Waals surface area (Å²) in [6.07, 6.45) is 7.17. The standard InChI is InChI=1S/C21H28FN3O2/c22-18-5-6-20(17(13-18)14-23)27-19-8-11-25(12-9-19)10-7-15-1-3-16(4-2-15)21(24)26/h5-6,13,15-16,19H,1-4,7-12H2,(H2,24,26)/t15-,16-. The third-order valence-corrected chi connectivity index (χ3v) is 5.99. The van der Waals surface area contributed by atoms with E-state index >= 15 is 0 Å². The molecule has 1 aromatic rings. The van der Waals surface area contributed by atoms with Gasteiger partial charge >= 0.3 is 0 Å². The number of nitriles is 1. The predicted molar refractivity (Wildman–Crippen MR) is 100 cm³/mol. The van der Waals surface area contributed by atoms with Crippen LogP contribution in [0.25, 0.3) is 0 Å². The van der Waals surface area contributed by atoms with Gasteiger partial charge in [0.05, 0.1) is 5.56 Å². The zero-order valence-electron chi connectivity index (χ0n) is 15.7. The summed E-state index contributed by atoms with van der Waals surface area (Å²) >= 11 is 0. The Bertz CT molecular complexity index is 687. The van der Waals surface area contributed by atoms with Crippen LogP contribution in [0.4, 0.5) is 4.39 Å². The molecule has 1 aromatic carbocycles. The molecular weight excluding hydrogens is 345 g/mol. The lowest BCUT2D eigenvalue weighted by Gasteiger charge is -2.34. The third kappa shape index (κ3) is 5.43. The molecule has 0 aromatic heterocycles. The predicted octanol–water partition coefficient (Wildman–Crippen LogP) is 3.22. The number of nitrogens with two attached hydrogens (primary N) is 1. The second kappa shape index (κ2) is 9.18. The summed E-state index contributed by atoms with van der Waals surface area (Å²) in [5.74, 6) is 0.698. The van der Waals surface area contributed by atoms with Gasteiger partial charge < -0.3 is 15.4 Å². The van der Waals surface area contributed by atoms with Crippen LogP contribution in [0.5, 0.6) is 5.75 Å². The maximum absolute atomic E-state index is 13.2. The van der Waals surface area contributed by atoms with Gasteiger partial charge in [0.1, 0.15) is 23.7 Å². The van der Waals surface area contributed by atoms with Crippen LogP contribution in [-0.4, -0.2) is 36.5 Å². The lowest BCUT2D eigenvalue weighted by Crippen LogP contribution is -2.39. The molecule has 0 radical (unpaired) electrons. The average Bonchev–Trinajstić information content (AvgIpc) is 2.69. The van der Waals surface area contributed by atoms with Crippen molar-refractivity contribution in [1.29, 1.82) is 5.26 Å². The highest BCUT2D eigenvalue weighted by Crippen LogP contribution is 2.31. The Kier molecular flexibility index (Phi) is 6.68. The van der Waals surface area contributed by atoms with Crippen LogP contribution in [0, 0.1) is 29.0 Å². The van der Waals surface area contributed by atoms with Gasteiger partial charge in [0.25, 0.3) is 0 Å². The molecule has 2 N–H and O–H groups in total. The first-order valence-corrected chi connectivity index (χ1v) is 9.93. The molecule has 6 heteroatoms. The third-order valence-electron chi connectivity index (χ3n) is 5.99. The number of amides is 1. The van der Waals surface area contributed by atoms with Gasteiger partial charge in [-0.2, -0.15) is 5.26 Å². The molecule has 1 aliphatic carbocycles. The number of halogens is 1. The van der Waals surface area contributed by atoms with Gasteiger partial charge in [-0.05, 0) is 75.6 Å². The van der Waals surface area contributed by atoms with Crippen molar-refractivity contribution < 1.29 is 13.9 Å². The van der Waals surface area contributed by atoms with Crippen LogP contribution in [0.15, 0.2) is 18.2 Å². The van der Waals surface area contributed by atoms with E-state index in [1.165, 1.54) is 18.6 Å². The first kappa shape index (κ1) is 19.6. The molecule has 2 fully saturated rings. The van der Waals surface area contributed by atoms with E-state index in [2.05, 4.69) is 4.90 Å². The molecule has 1 amide bonds. The first-order chi connectivity index (χ1) is 13.0. The summed E-state index contributed by atoms with van der Waals surface area (Å²) < 4.78 is 19.2. The van der Waals surface area contributed by atoms with Crippen molar-refractivity contribution in [3.05, 3.63) is 29.6 Å². The SMILES string of the molecule is N#Cc1cc(F)ccc1OC1CCN(CC[C@H]2CC[C@H](C(N)=O)CC2)CC1. The Morgan fingerprint density at radius 1 is 1.22 bits per heavy atom. The lowest BCUT2D eigenvalue weighted by molar-refractivity contribution is -0.123. The molecule has 0 spiro atoms. The lowest BCUT2D eigenvalue weighted by atomic mass is 9.80. The Labute approximate surface area is 160 Å². The van der Waals surface area contributed by atoms with Crippen LogP contribution in [0.2, 0.25) is 0 Å². The topological polar surface area (TPSA) is 79.3 Å². The summed E-state index contributed by atoms with van der Waals surface area (Å²) in [6, 6.07) is 6.09. The number of ether oxygens (including phenoxy) is 1. The van der Waals surface area contributed by atoms with E-state index in [-0.39, 0.29) is 23.5 Å². The Balaban J connectivity index is 1.38. The van der Waals surface area contributed by atoms with Gasteiger partial charge in [-0.3, -0.25) is 4.79 Å². The van der Waals surface area contributed by atoms with E-state index in [1.54, 1.807) is 6.07 Å². The number of likely N-dealkylation sites (tertiary alicyclic amines) is 1. The van der Waals surface area contributed by atoms with Crippen molar-refractivity contribution in [2.75, 3.05) is 19.6 Å². The number of piperidine rings is 1. The molecule has 146 valence electrons. The zero-order valence-corrected chi connectivity index (χ0v) is 15.7. The van der Waals surface area contributed by atoms with Gasteiger partial charge in [-0.1, -0.05) is 0 Å². The van der Waals surface area contributed by atoms with Gasteiger partial charge in [-0.15, -0.1) is 0 Å². The Hall–Kier alpha value is -2.13. The fourth-order valence-electron chi connectivity index (χ4n) is 4.22. The molecular formula is C21H28FN3O2. The molecule has 0 bridgehead atoms. The van der Waals surface area contributed by atoms with E-state index < -0.39 is 5.82 Å². The van der Waals surface area contributed by atoms with Crippen LogP contribution < -0.4 is 10.5 Å². The maximum atomic E-state index is 13.2. The zero-order chi connectivity index (χ0) is 19.2. The highest BCUT2D eigenvalue weighted by Gasteiger charge is 2.26. The Morgan fingerprint density at radius 2 is 1.93 bits per heavy atom. The summed E-state index contributed by atoms with van der Waals surface area (Å²) in [5, 5.41) is 9.12. The second-order valence-corrected chi connectivity index (χ2v) is 7.82. The molecule has 0 atom stereocenters. The van der Waals surface area contributed by atoms with Gasteiger partial charge in [0, 0.05) is 19.0 Å². The first-order valence-electron chi connectivity index (χ1n) is 9.93. The smallest absolute Gasteiger partial charge is 0.220 e. The van der Waals surface area contributed by atoms with Crippen molar-refractivity contribution in [2.24, 2.45) is 17.6 Å². The van der Waals surface area contributed by atoms with Crippen molar-refractivity contribution in [1.82, 2.24) is 4.90 Å². The van der Waals surface area contributed by atoms with Gasteiger partial charge in [0.2, 0.25) is 5.91 Å². The number of carbonyl (C=O) groups excluding carboxylic acids is 1. The number of rotatable bonds is 6. The highest BCUT2D eigenvalue weighted by molar-refractivity contribution is 5.76. The number of hydrogen-bond donors (Lipinski definition) is 1. The molecule has 1 heterocycles. The van der Waals surface area contributed by atoms with Crippen molar-refractivity contribution in [2.45, 2.75) is 51.0 Å². The minimum atomic E-state index is -0.418. The number of hydrogen-bond acceptors (Lipinski definition) is 4. The summed E-state index contributed by atoms with van der Waals surface area (Å²) in [5.41, 5.74) is 5.66. The summed E-state index contributed by atoms with van der Waals surface area (Å²) in [7, 11) is 0. The molecule has 0 unspecified atom stereocenters. The van der Waals surface area contributed by atoms with Crippen LogP contribution in [0.1, 0.15) is 50.5 Å². The Morgan fingerprint density at radius 3 is 2.56 bits per heavy atom. The minimum absolute atomic E-state index is 0.0739. The minimum Gasteiger partial charge on any atom is -0.489 e. The van der Waals surface area contributed by atoms with Gasteiger partial charge in [-0.25, -0.2) is 4.39 Å². The van der Waals surface area contributed by atoms with Gasteiger partial charge in [0.15, 0.2) is 0 Å². The van der Waals surface area contributed by atoms with E-state index in [0.717, 1.165) is 58.2 Å². The van der Waals surface area contributed by atoms with Crippen molar-refractivity contribution in [3.63, 3.8) is 0 Å². The molecule has 27 heavy (non-hydrogen) atoms. The largest absolute Gasteiger partial charge is 0.489 e. The van der Waals surface area contributed by atoms with E-state index in [0.29, 0.717) is 11.7 Å². The van der Waals surface area contributed by atoms with Crippen LogP contribution >= 0.6 is 0 Å². The molecule has 3 rings (SSSR count). The van der Waals surface area contributed by atoms with E-state index in [9.17, 15) is 9.18 Å². The highest BCUT2D eigenvalue weighted by atomic mass is 19.1. The van der Waals surface area contributed by atoms with Crippen molar-refractivity contribution in [3.8, 4) is 11.8 Å². The fraction of sp³-hybridized carbons (Fsp3) is 0.619. The summed E-state index contributed by atoms with van der Waals surface area (Å²) in [6.45, 7) is 3.04. The molecule has 1 saturated carbocycles. The number of carbonyl (C=O) groups is 1. The molecule has 2 aliphatic rings. The van der Waals surface area contributed by atoms with E-state index in [4.69, 9.17) is 15.7 Å².